The van der Waals surface area contributed by atoms with Crippen LogP contribution in [-0.4, -0.2) is 49.9 Å². The number of amides is 1. The van der Waals surface area contributed by atoms with Crippen LogP contribution < -0.4 is 20.1 Å². The number of methoxy groups -OCH3 is 2. The zero-order valence-corrected chi connectivity index (χ0v) is 15.9. The van der Waals surface area contributed by atoms with Crippen molar-refractivity contribution in [2.24, 2.45) is 0 Å². The average Bonchev–Trinajstić information content (AvgIpc) is 3.23. The Bertz CT molecular complexity index is 644. The van der Waals surface area contributed by atoms with Crippen LogP contribution in [0.1, 0.15) is 44.1 Å². The fourth-order valence-corrected chi connectivity index (χ4v) is 3.64. The number of nitrogens with zero attached hydrogens (tertiary/aromatic N) is 1. The van der Waals surface area contributed by atoms with Gasteiger partial charge in [0.15, 0.2) is 5.82 Å². The highest BCUT2D eigenvalue weighted by Gasteiger charge is 2.25. The van der Waals surface area contributed by atoms with Crippen molar-refractivity contribution in [3.05, 3.63) is 17.4 Å². The van der Waals surface area contributed by atoms with Gasteiger partial charge in [0.2, 0.25) is 11.8 Å². The lowest BCUT2D eigenvalue weighted by Gasteiger charge is -2.27. The van der Waals surface area contributed by atoms with E-state index in [4.69, 9.17) is 14.2 Å². The van der Waals surface area contributed by atoms with Gasteiger partial charge in [-0.1, -0.05) is 0 Å². The van der Waals surface area contributed by atoms with Gasteiger partial charge in [0, 0.05) is 19.2 Å². The molecule has 2 aliphatic rings. The van der Waals surface area contributed by atoms with Gasteiger partial charge < -0.3 is 24.8 Å². The van der Waals surface area contributed by atoms with Crippen LogP contribution in [0.25, 0.3) is 0 Å². The third-order valence-electron chi connectivity index (χ3n) is 5.24. The molecule has 1 aliphatic carbocycles. The van der Waals surface area contributed by atoms with E-state index in [2.05, 4.69) is 15.6 Å². The van der Waals surface area contributed by atoms with Gasteiger partial charge in [0.25, 0.3) is 5.88 Å². The van der Waals surface area contributed by atoms with E-state index >= 15 is 0 Å². The molecule has 1 atom stereocenters. The zero-order chi connectivity index (χ0) is 19.2. The molecule has 1 aliphatic heterocycles. The minimum Gasteiger partial charge on any atom is -0.481 e. The molecule has 1 unspecified atom stereocenters. The molecule has 7 nitrogen and oxygen atoms in total. The molecule has 2 heterocycles. The highest BCUT2D eigenvalue weighted by Crippen LogP contribution is 2.28. The summed E-state index contributed by atoms with van der Waals surface area (Å²) in [7, 11) is 3.18. The lowest BCUT2D eigenvalue weighted by atomic mass is 9.95. The summed E-state index contributed by atoms with van der Waals surface area (Å²) >= 11 is 0. The number of pyridine rings is 1. The van der Waals surface area contributed by atoms with Crippen LogP contribution in [-0.2, 0) is 16.1 Å². The third kappa shape index (κ3) is 5.07. The van der Waals surface area contributed by atoms with E-state index in [0.29, 0.717) is 5.56 Å². The summed E-state index contributed by atoms with van der Waals surface area (Å²) in [5.74, 6) is -0.435. The topological polar surface area (TPSA) is 81.7 Å². The summed E-state index contributed by atoms with van der Waals surface area (Å²) in [4.78, 5) is 16.3. The number of carbonyl (C=O) groups is 1. The Morgan fingerprint density at radius 1 is 1.22 bits per heavy atom. The Balaban J connectivity index is 1.61. The van der Waals surface area contributed by atoms with E-state index < -0.39 is 5.82 Å². The fraction of sp³-hybridized carbons (Fsp3) is 0.684. The fourth-order valence-electron chi connectivity index (χ4n) is 3.64. The summed E-state index contributed by atoms with van der Waals surface area (Å²) in [6.07, 6.45) is 5.34. The Hall–Kier alpha value is -1.93. The van der Waals surface area contributed by atoms with Crippen LogP contribution >= 0.6 is 0 Å². The van der Waals surface area contributed by atoms with Crippen molar-refractivity contribution in [3.63, 3.8) is 0 Å². The molecule has 0 radical (unpaired) electrons. The Morgan fingerprint density at radius 3 is 2.59 bits per heavy atom. The van der Waals surface area contributed by atoms with Gasteiger partial charge in [-0.3, -0.25) is 4.79 Å². The van der Waals surface area contributed by atoms with E-state index in [9.17, 15) is 9.18 Å². The molecule has 0 spiro atoms. The Labute approximate surface area is 159 Å². The lowest BCUT2D eigenvalue weighted by molar-refractivity contribution is -0.122. The van der Waals surface area contributed by atoms with Crippen LogP contribution in [0.15, 0.2) is 6.07 Å². The lowest BCUT2D eigenvalue weighted by Crippen LogP contribution is -2.40. The van der Waals surface area contributed by atoms with Gasteiger partial charge in [-0.2, -0.15) is 4.98 Å². The molecule has 0 bridgehead atoms. The molecular formula is C19H28FN3O4. The first-order valence-corrected chi connectivity index (χ1v) is 9.54. The number of rotatable bonds is 7. The minimum atomic E-state index is -0.548. The first-order valence-electron chi connectivity index (χ1n) is 9.54. The van der Waals surface area contributed by atoms with Crippen LogP contribution in [0.2, 0.25) is 0 Å². The van der Waals surface area contributed by atoms with E-state index in [0.717, 1.165) is 45.1 Å². The van der Waals surface area contributed by atoms with Crippen molar-refractivity contribution in [1.82, 2.24) is 15.6 Å². The number of ether oxygens (including phenoxy) is 3. The SMILES string of the molecule is COc1nc(OC2CCC(OC)CC2)c(F)cc1CNC(=O)C1CCCN1. The quantitative estimate of drug-likeness (QED) is 0.751. The Kier molecular flexibility index (Phi) is 6.84. The highest BCUT2D eigenvalue weighted by molar-refractivity contribution is 5.82. The number of carbonyl (C=O) groups excluding carboxylic acids is 1. The molecule has 8 heteroatoms. The molecule has 1 aromatic rings. The monoisotopic (exact) mass is 381 g/mol. The number of hydrogen-bond donors (Lipinski definition) is 2. The van der Waals surface area contributed by atoms with Gasteiger partial charge in [0.05, 0.1) is 19.3 Å². The third-order valence-corrected chi connectivity index (χ3v) is 5.24. The van der Waals surface area contributed by atoms with Gasteiger partial charge in [-0.25, -0.2) is 4.39 Å². The number of hydrogen-bond acceptors (Lipinski definition) is 6. The van der Waals surface area contributed by atoms with Crippen molar-refractivity contribution in [2.75, 3.05) is 20.8 Å². The molecule has 150 valence electrons. The van der Waals surface area contributed by atoms with Crippen LogP contribution in [0.5, 0.6) is 11.8 Å². The van der Waals surface area contributed by atoms with Crippen LogP contribution in [0.4, 0.5) is 4.39 Å². The van der Waals surface area contributed by atoms with Crippen molar-refractivity contribution < 1.29 is 23.4 Å². The first kappa shape index (κ1) is 19.8. The average molecular weight is 381 g/mol. The largest absolute Gasteiger partial charge is 0.481 e. The number of halogens is 1. The number of aromatic nitrogens is 1. The molecule has 2 fully saturated rings. The van der Waals surface area contributed by atoms with E-state index in [1.165, 1.54) is 13.2 Å². The maximum Gasteiger partial charge on any atom is 0.254 e. The van der Waals surface area contributed by atoms with Crippen molar-refractivity contribution in [1.29, 1.82) is 0 Å². The number of nitrogens with one attached hydrogen (secondary N) is 2. The maximum absolute atomic E-state index is 14.5. The van der Waals surface area contributed by atoms with Gasteiger partial charge in [-0.15, -0.1) is 0 Å². The first-order chi connectivity index (χ1) is 13.1. The molecular weight excluding hydrogens is 353 g/mol. The molecule has 27 heavy (non-hydrogen) atoms. The van der Waals surface area contributed by atoms with Crippen LogP contribution in [0.3, 0.4) is 0 Å². The molecule has 2 N–H and O–H groups in total. The van der Waals surface area contributed by atoms with E-state index in [-0.39, 0.29) is 42.5 Å². The second-order valence-corrected chi connectivity index (χ2v) is 7.06. The van der Waals surface area contributed by atoms with Crippen LogP contribution in [0, 0.1) is 5.82 Å². The van der Waals surface area contributed by atoms with E-state index in [1.54, 1.807) is 7.11 Å². The molecule has 1 saturated carbocycles. The summed E-state index contributed by atoms with van der Waals surface area (Å²) in [6, 6.07) is 1.14. The zero-order valence-electron chi connectivity index (χ0n) is 15.9. The van der Waals surface area contributed by atoms with Gasteiger partial charge in [0.1, 0.15) is 6.10 Å². The predicted molar refractivity (Wildman–Crippen MR) is 97.3 cm³/mol. The molecule has 1 saturated heterocycles. The van der Waals surface area contributed by atoms with Crippen molar-refractivity contribution in [2.45, 2.75) is 63.3 Å². The molecule has 1 amide bonds. The van der Waals surface area contributed by atoms with Gasteiger partial charge in [-0.05, 0) is 51.1 Å². The highest BCUT2D eigenvalue weighted by atomic mass is 19.1. The smallest absolute Gasteiger partial charge is 0.254 e. The maximum atomic E-state index is 14.5. The summed E-state index contributed by atoms with van der Waals surface area (Å²) in [5.41, 5.74) is 0.483. The Morgan fingerprint density at radius 2 is 1.96 bits per heavy atom. The van der Waals surface area contributed by atoms with E-state index in [1.807, 2.05) is 0 Å². The molecule has 3 rings (SSSR count). The summed E-state index contributed by atoms with van der Waals surface area (Å²) in [5, 5.41) is 5.94. The minimum absolute atomic E-state index is 0.0553. The van der Waals surface area contributed by atoms with Crippen molar-refractivity contribution >= 4 is 5.91 Å². The second-order valence-electron chi connectivity index (χ2n) is 7.06. The molecule has 0 aromatic carbocycles. The predicted octanol–water partition coefficient (Wildman–Crippen LogP) is 1.93. The normalized spacial score (nSPS) is 25.2. The summed E-state index contributed by atoms with van der Waals surface area (Å²) < 4.78 is 30.9. The van der Waals surface area contributed by atoms with Crippen molar-refractivity contribution in [3.8, 4) is 11.8 Å². The second kappa shape index (κ2) is 9.32. The standard InChI is InChI=1S/C19H28FN3O4/c1-25-13-5-7-14(8-6-13)27-19-15(20)10-12(18(23-19)26-2)11-22-17(24)16-4-3-9-21-16/h10,13-14,16,21H,3-9,11H2,1-2H3,(H,22,24). The summed E-state index contributed by atoms with van der Waals surface area (Å²) in [6.45, 7) is 0.999. The molecule has 1 aromatic heterocycles. The van der Waals surface area contributed by atoms with Gasteiger partial charge >= 0.3 is 0 Å².